The first-order chi connectivity index (χ1) is 16.1. The topological polar surface area (TPSA) is 109 Å². The van der Waals surface area contributed by atoms with E-state index >= 15 is 0 Å². The van der Waals surface area contributed by atoms with E-state index in [9.17, 15) is 9.59 Å². The minimum absolute atomic E-state index is 0.0176. The minimum atomic E-state index is -0.705. The Balaban J connectivity index is 1.83. The maximum atomic E-state index is 12.7. The summed E-state index contributed by atoms with van der Waals surface area (Å²) >= 11 is 0. The molecule has 0 N–H and O–H groups in total. The number of ether oxygens (including phenoxy) is 2. The molecule has 2 aromatic carbocycles. The average molecular weight is 446 g/mol. The Bertz CT molecular complexity index is 1280. The van der Waals surface area contributed by atoms with Crippen LogP contribution in [-0.2, 0) is 15.9 Å². The lowest BCUT2D eigenvalue weighted by atomic mass is 10.0. The first-order valence-electron chi connectivity index (χ1n) is 10.4. The van der Waals surface area contributed by atoms with E-state index in [1.165, 1.54) is 18.9 Å². The molecule has 0 saturated carbocycles. The highest BCUT2D eigenvalue weighted by Gasteiger charge is 2.31. The van der Waals surface area contributed by atoms with Crippen LogP contribution in [0.1, 0.15) is 40.1 Å². The van der Waals surface area contributed by atoms with Crippen molar-refractivity contribution in [3.8, 4) is 28.4 Å². The predicted molar refractivity (Wildman–Crippen MR) is 119 cm³/mol. The Morgan fingerprint density at radius 2 is 1.58 bits per heavy atom. The molecule has 9 nitrogen and oxygen atoms in total. The smallest absolute Gasteiger partial charge is 0.357 e. The second kappa shape index (κ2) is 9.47. The number of carbonyl (C=O) groups is 2. The van der Waals surface area contributed by atoms with E-state index in [1.807, 2.05) is 25.1 Å². The lowest BCUT2D eigenvalue weighted by molar-refractivity contribution is 0.0549. The summed E-state index contributed by atoms with van der Waals surface area (Å²) in [5.41, 5.74) is 2.21. The number of hydrogen-bond donors (Lipinski definition) is 0. The Kier molecular flexibility index (Phi) is 6.30. The van der Waals surface area contributed by atoms with Crippen molar-refractivity contribution in [1.82, 2.24) is 20.0 Å². The summed E-state index contributed by atoms with van der Waals surface area (Å²) in [5, 5.41) is 12.7. The van der Waals surface area contributed by atoms with Gasteiger partial charge in [0.25, 0.3) is 0 Å². The molecule has 0 amide bonds. The lowest BCUT2D eigenvalue weighted by Gasteiger charge is -2.07. The third-order valence-corrected chi connectivity index (χ3v) is 4.99. The van der Waals surface area contributed by atoms with Crippen LogP contribution >= 0.6 is 0 Å². The summed E-state index contributed by atoms with van der Waals surface area (Å²) in [4.78, 5) is 25.4. The van der Waals surface area contributed by atoms with Crippen molar-refractivity contribution >= 4 is 11.9 Å². The van der Waals surface area contributed by atoms with Gasteiger partial charge in [0.1, 0.15) is 11.3 Å². The van der Waals surface area contributed by atoms with Gasteiger partial charge in [-0.15, -0.1) is 10.2 Å². The van der Waals surface area contributed by atoms with Crippen molar-refractivity contribution in [3.05, 3.63) is 71.7 Å². The number of aryl methyl sites for hydroxylation is 1. The van der Waals surface area contributed by atoms with Gasteiger partial charge in [0.2, 0.25) is 11.8 Å². The number of nitrogens with zero attached hydrogens (tertiary/aromatic N) is 4. The maximum absolute atomic E-state index is 12.7. The number of carbonyl (C=O) groups excluding carboxylic acids is 2. The first kappa shape index (κ1) is 21.9. The highest BCUT2D eigenvalue weighted by Crippen LogP contribution is 2.30. The molecule has 168 valence electrons. The Morgan fingerprint density at radius 1 is 0.909 bits per heavy atom. The molecular weight excluding hydrogens is 424 g/mol. The number of hydrogen-bond acceptors (Lipinski definition) is 8. The van der Waals surface area contributed by atoms with Gasteiger partial charge in [0, 0.05) is 17.5 Å². The number of methoxy groups -OCH3 is 2. The van der Waals surface area contributed by atoms with Crippen molar-refractivity contribution in [2.24, 2.45) is 0 Å². The van der Waals surface area contributed by atoms with Gasteiger partial charge < -0.3 is 13.9 Å². The van der Waals surface area contributed by atoms with Gasteiger partial charge in [-0.05, 0) is 30.7 Å². The second-order valence-electron chi connectivity index (χ2n) is 7.13. The van der Waals surface area contributed by atoms with Crippen molar-refractivity contribution in [1.29, 1.82) is 0 Å². The van der Waals surface area contributed by atoms with Gasteiger partial charge in [-0.25, -0.2) is 14.3 Å². The molecule has 4 rings (SSSR count). The average Bonchev–Trinajstić information content (AvgIpc) is 3.49. The molecule has 2 aromatic heterocycles. The van der Waals surface area contributed by atoms with Crippen molar-refractivity contribution in [2.45, 2.75) is 19.8 Å². The molecule has 0 fully saturated rings. The summed E-state index contributed by atoms with van der Waals surface area (Å²) in [6, 6.07) is 16.1. The number of rotatable bonds is 7. The van der Waals surface area contributed by atoms with Crippen molar-refractivity contribution in [3.63, 3.8) is 0 Å². The van der Waals surface area contributed by atoms with E-state index in [1.54, 1.807) is 36.4 Å². The molecule has 0 unspecified atom stereocenters. The molecule has 0 atom stereocenters. The predicted octanol–water partition coefficient (Wildman–Crippen LogP) is 4.12. The van der Waals surface area contributed by atoms with Gasteiger partial charge in [-0.1, -0.05) is 37.3 Å². The lowest BCUT2D eigenvalue weighted by Crippen LogP contribution is -2.15. The zero-order chi connectivity index (χ0) is 23.4. The molecule has 0 aliphatic rings. The standard InChI is InChI=1S/C24H22N4O5/c1-4-8-18-25-26-22(33-18)16-13-11-15(12-14-16)20-19(23(29)31-2)21(24(30)32-3)28(27-20)17-9-6-5-7-10-17/h5-7,9-14H,4,8H2,1-3H3. The van der Waals surface area contributed by atoms with Gasteiger partial charge in [0.15, 0.2) is 5.69 Å². The maximum Gasteiger partial charge on any atom is 0.357 e. The van der Waals surface area contributed by atoms with E-state index in [4.69, 9.17) is 13.9 Å². The summed E-state index contributed by atoms with van der Waals surface area (Å²) in [5.74, 6) is -0.418. The van der Waals surface area contributed by atoms with E-state index in [0.717, 1.165) is 12.0 Å². The van der Waals surface area contributed by atoms with E-state index in [0.29, 0.717) is 29.5 Å². The SMILES string of the molecule is CCCc1nnc(-c2ccc(-c3nn(-c4ccccc4)c(C(=O)OC)c3C(=O)OC)cc2)o1. The van der Waals surface area contributed by atoms with Crippen LogP contribution in [0.3, 0.4) is 0 Å². The summed E-state index contributed by atoms with van der Waals surface area (Å²) in [6.45, 7) is 2.04. The highest BCUT2D eigenvalue weighted by atomic mass is 16.5. The van der Waals surface area contributed by atoms with Gasteiger partial charge in [0.05, 0.1) is 19.9 Å². The summed E-state index contributed by atoms with van der Waals surface area (Å²) in [6.07, 6.45) is 1.62. The molecule has 33 heavy (non-hydrogen) atoms. The number of aromatic nitrogens is 4. The van der Waals surface area contributed by atoms with Gasteiger partial charge >= 0.3 is 11.9 Å². The van der Waals surface area contributed by atoms with Crippen LogP contribution < -0.4 is 0 Å². The summed E-state index contributed by atoms with van der Waals surface area (Å²) in [7, 11) is 2.50. The van der Waals surface area contributed by atoms with Crippen molar-refractivity contribution in [2.75, 3.05) is 14.2 Å². The quantitative estimate of drug-likeness (QED) is 0.390. The van der Waals surface area contributed by atoms with Crippen LogP contribution in [0.25, 0.3) is 28.4 Å². The third-order valence-electron chi connectivity index (χ3n) is 4.99. The first-order valence-corrected chi connectivity index (χ1v) is 10.4. The van der Waals surface area contributed by atoms with E-state index in [2.05, 4.69) is 15.3 Å². The zero-order valence-electron chi connectivity index (χ0n) is 18.4. The fourth-order valence-corrected chi connectivity index (χ4v) is 3.41. The van der Waals surface area contributed by atoms with Crippen molar-refractivity contribution < 1.29 is 23.5 Å². The van der Waals surface area contributed by atoms with Crippen LogP contribution in [0.15, 0.2) is 59.0 Å². The normalized spacial score (nSPS) is 10.8. The fourth-order valence-electron chi connectivity index (χ4n) is 3.41. The molecule has 0 aliphatic carbocycles. The molecular formula is C24H22N4O5. The van der Waals surface area contributed by atoms with Crippen LogP contribution in [0.5, 0.6) is 0 Å². The molecule has 0 bridgehead atoms. The number of esters is 2. The van der Waals surface area contributed by atoms with Gasteiger partial charge in [-0.2, -0.15) is 5.10 Å². The number of benzene rings is 2. The third kappa shape index (κ3) is 4.25. The van der Waals surface area contributed by atoms with E-state index in [-0.39, 0.29) is 17.0 Å². The Labute approximate surface area is 190 Å². The molecule has 4 aromatic rings. The van der Waals surface area contributed by atoms with Crippen LogP contribution in [-0.4, -0.2) is 46.1 Å². The van der Waals surface area contributed by atoms with Crippen LogP contribution in [0, 0.1) is 0 Å². The largest absolute Gasteiger partial charge is 0.465 e. The zero-order valence-corrected chi connectivity index (χ0v) is 18.4. The molecule has 0 aliphatic heterocycles. The van der Waals surface area contributed by atoms with E-state index < -0.39 is 11.9 Å². The molecule has 9 heteroatoms. The Hall–Kier alpha value is -4.27. The molecule has 0 radical (unpaired) electrons. The Morgan fingerprint density at radius 3 is 2.21 bits per heavy atom. The van der Waals surface area contributed by atoms with Gasteiger partial charge in [-0.3, -0.25) is 0 Å². The molecule has 2 heterocycles. The second-order valence-corrected chi connectivity index (χ2v) is 7.13. The molecule has 0 spiro atoms. The monoisotopic (exact) mass is 446 g/mol. The highest BCUT2D eigenvalue weighted by molar-refractivity contribution is 6.06. The minimum Gasteiger partial charge on any atom is -0.465 e. The van der Waals surface area contributed by atoms with Crippen LogP contribution in [0.4, 0.5) is 0 Å². The van der Waals surface area contributed by atoms with Crippen LogP contribution in [0.2, 0.25) is 0 Å². The number of para-hydroxylation sites is 1. The summed E-state index contributed by atoms with van der Waals surface area (Å²) < 4.78 is 17.0. The fraction of sp³-hybridized carbons (Fsp3) is 0.208. The molecule has 0 saturated heterocycles.